The van der Waals surface area contributed by atoms with Crippen LogP contribution in [0.25, 0.3) is 0 Å². The molecule has 4 nitrogen and oxygen atoms in total. The molecule has 0 aromatic heterocycles. The van der Waals surface area contributed by atoms with E-state index in [0.717, 1.165) is 10.0 Å². The fourth-order valence-corrected chi connectivity index (χ4v) is 3.78. The van der Waals surface area contributed by atoms with Gasteiger partial charge in [-0.25, -0.2) is 8.42 Å². The second-order valence-corrected chi connectivity index (χ2v) is 9.93. The highest BCUT2D eigenvalue weighted by atomic mass is 79.9. The van der Waals surface area contributed by atoms with E-state index >= 15 is 0 Å². The van der Waals surface area contributed by atoms with Crippen molar-refractivity contribution < 1.29 is 13.2 Å². The van der Waals surface area contributed by atoms with Crippen molar-refractivity contribution in [1.82, 2.24) is 0 Å². The molecule has 1 amide bonds. The van der Waals surface area contributed by atoms with Crippen molar-refractivity contribution in [3.05, 3.63) is 58.6 Å². The molecule has 0 heterocycles. The summed E-state index contributed by atoms with van der Waals surface area (Å²) in [5, 5.41) is 2.78. The van der Waals surface area contributed by atoms with E-state index in [1.807, 2.05) is 18.2 Å². The molecule has 2 rings (SSSR count). The molecular formula is C19H22BrNO3S. The molecule has 0 aliphatic heterocycles. The van der Waals surface area contributed by atoms with Crippen LogP contribution in [-0.2, 0) is 20.0 Å². The van der Waals surface area contributed by atoms with Crippen molar-refractivity contribution >= 4 is 37.4 Å². The van der Waals surface area contributed by atoms with Crippen LogP contribution in [0, 0.1) is 0 Å². The summed E-state index contributed by atoms with van der Waals surface area (Å²) in [6.45, 7) is 6.29. The second-order valence-electron chi connectivity index (χ2n) is 6.90. The van der Waals surface area contributed by atoms with Gasteiger partial charge in [-0.15, -0.1) is 0 Å². The molecule has 0 fully saturated rings. The van der Waals surface area contributed by atoms with Crippen LogP contribution in [0.2, 0.25) is 0 Å². The molecule has 0 spiro atoms. The van der Waals surface area contributed by atoms with E-state index in [1.54, 1.807) is 18.2 Å². The van der Waals surface area contributed by atoms with Gasteiger partial charge in [0, 0.05) is 16.6 Å². The van der Waals surface area contributed by atoms with Gasteiger partial charge in [0.15, 0.2) is 9.84 Å². The Morgan fingerprint density at radius 2 is 1.72 bits per heavy atom. The number of amides is 1. The maximum Gasteiger partial charge on any atom is 0.225 e. The normalized spacial score (nSPS) is 12.0. The van der Waals surface area contributed by atoms with Crippen LogP contribution in [0.15, 0.2) is 57.9 Å². The molecule has 0 bridgehead atoms. The summed E-state index contributed by atoms with van der Waals surface area (Å²) in [5.41, 5.74) is 1.76. The number of hydrogen-bond acceptors (Lipinski definition) is 3. The third-order valence-corrected chi connectivity index (χ3v) is 6.04. The first-order chi connectivity index (χ1) is 11.6. The molecule has 0 aliphatic rings. The molecule has 25 heavy (non-hydrogen) atoms. The zero-order valence-electron chi connectivity index (χ0n) is 14.5. The first kappa shape index (κ1) is 19.7. The number of carbonyl (C=O) groups excluding carboxylic acids is 1. The third-order valence-electron chi connectivity index (χ3n) is 3.78. The average molecular weight is 424 g/mol. The molecule has 0 radical (unpaired) electrons. The molecule has 0 saturated carbocycles. The van der Waals surface area contributed by atoms with Crippen LogP contribution >= 0.6 is 15.9 Å². The van der Waals surface area contributed by atoms with E-state index in [1.165, 1.54) is 12.1 Å². The molecule has 0 unspecified atom stereocenters. The summed E-state index contributed by atoms with van der Waals surface area (Å²) in [7, 11) is -3.48. The largest absolute Gasteiger partial charge is 0.326 e. The molecular weight excluding hydrogens is 402 g/mol. The minimum Gasteiger partial charge on any atom is -0.326 e. The lowest BCUT2D eigenvalue weighted by atomic mass is 9.87. The highest BCUT2D eigenvalue weighted by Gasteiger charge is 2.17. The van der Waals surface area contributed by atoms with E-state index in [-0.39, 0.29) is 28.4 Å². The molecule has 1 N–H and O–H groups in total. The van der Waals surface area contributed by atoms with E-state index in [2.05, 4.69) is 42.0 Å². The number of halogens is 1. The van der Waals surface area contributed by atoms with Gasteiger partial charge in [0.2, 0.25) is 5.91 Å². The predicted molar refractivity (Wildman–Crippen MR) is 105 cm³/mol. The zero-order chi connectivity index (χ0) is 18.7. The van der Waals surface area contributed by atoms with E-state index < -0.39 is 9.84 Å². The van der Waals surface area contributed by atoms with Crippen molar-refractivity contribution in [1.29, 1.82) is 0 Å². The Balaban J connectivity index is 2.00. The maximum absolute atomic E-state index is 12.3. The predicted octanol–water partition coefficient (Wildman–Crippen LogP) is 4.55. The van der Waals surface area contributed by atoms with Gasteiger partial charge in [0.1, 0.15) is 0 Å². The summed E-state index contributed by atoms with van der Waals surface area (Å²) >= 11 is 3.27. The molecule has 2 aromatic carbocycles. The van der Waals surface area contributed by atoms with Crippen molar-refractivity contribution in [3.8, 4) is 0 Å². The summed E-state index contributed by atoms with van der Waals surface area (Å²) in [4.78, 5) is 12.3. The van der Waals surface area contributed by atoms with Gasteiger partial charge < -0.3 is 5.32 Å². The van der Waals surface area contributed by atoms with Crippen molar-refractivity contribution in [3.63, 3.8) is 0 Å². The molecule has 6 heteroatoms. The average Bonchev–Trinajstić information content (AvgIpc) is 2.53. The minimum atomic E-state index is -3.48. The summed E-state index contributed by atoms with van der Waals surface area (Å²) in [6.07, 6.45) is -0.0852. The number of sulfone groups is 1. The topological polar surface area (TPSA) is 63.2 Å². The van der Waals surface area contributed by atoms with Crippen molar-refractivity contribution in [2.24, 2.45) is 0 Å². The highest BCUT2D eigenvalue weighted by Crippen LogP contribution is 2.24. The fraction of sp³-hybridized carbons (Fsp3) is 0.316. The molecule has 2 aromatic rings. The Kier molecular flexibility index (Phi) is 6.06. The highest BCUT2D eigenvalue weighted by molar-refractivity contribution is 9.10. The Morgan fingerprint density at radius 3 is 2.32 bits per heavy atom. The molecule has 0 saturated heterocycles. The standard InChI is InChI=1S/C19H22BrNO3S/c1-19(2,3)14-5-4-6-16(13-14)21-18(22)11-12-25(23,24)17-9-7-15(20)8-10-17/h4-10,13H,11-12H2,1-3H3,(H,21,22). The van der Waals surface area contributed by atoms with Crippen LogP contribution in [0.3, 0.4) is 0 Å². The number of nitrogens with one attached hydrogen (secondary N) is 1. The summed E-state index contributed by atoms with van der Waals surface area (Å²) in [5.74, 6) is -0.536. The lowest BCUT2D eigenvalue weighted by Gasteiger charge is -2.19. The first-order valence-corrected chi connectivity index (χ1v) is 10.4. The van der Waals surface area contributed by atoms with Gasteiger partial charge in [-0.3, -0.25) is 4.79 Å². The Morgan fingerprint density at radius 1 is 1.08 bits per heavy atom. The summed E-state index contributed by atoms with van der Waals surface area (Å²) < 4.78 is 25.4. The lowest BCUT2D eigenvalue weighted by Crippen LogP contribution is -2.18. The number of hydrogen-bond donors (Lipinski definition) is 1. The van der Waals surface area contributed by atoms with Gasteiger partial charge in [0.05, 0.1) is 10.6 Å². The smallest absolute Gasteiger partial charge is 0.225 e. The van der Waals surface area contributed by atoms with Crippen LogP contribution in [-0.4, -0.2) is 20.1 Å². The van der Waals surface area contributed by atoms with E-state index in [4.69, 9.17) is 0 Å². The quantitative estimate of drug-likeness (QED) is 0.766. The number of rotatable bonds is 5. The Bertz CT molecular complexity index is 853. The van der Waals surface area contributed by atoms with Gasteiger partial charge >= 0.3 is 0 Å². The second kappa shape index (κ2) is 7.70. The van der Waals surface area contributed by atoms with E-state index in [9.17, 15) is 13.2 Å². The molecule has 134 valence electrons. The van der Waals surface area contributed by atoms with Crippen molar-refractivity contribution in [2.45, 2.75) is 37.5 Å². The van der Waals surface area contributed by atoms with Crippen LogP contribution in [0.1, 0.15) is 32.8 Å². The Hall–Kier alpha value is -1.66. The number of carbonyl (C=O) groups is 1. The molecule has 0 atom stereocenters. The van der Waals surface area contributed by atoms with Gasteiger partial charge in [-0.2, -0.15) is 0 Å². The zero-order valence-corrected chi connectivity index (χ0v) is 16.9. The van der Waals surface area contributed by atoms with Crippen LogP contribution in [0.4, 0.5) is 5.69 Å². The van der Waals surface area contributed by atoms with Crippen molar-refractivity contribution in [2.75, 3.05) is 11.1 Å². The van der Waals surface area contributed by atoms with Gasteiger partial charge in [-0.05, 0) is 47.4 Å². The minimum absolute atomic E-state index is 0.0222. The van der Waals surface area contributed by atoms with Crippen LogP contribution < -0.4 is 5.32 Å². The first-order valence-electron chi connectivity index (χ1n) is 7.97. The number of benzene rings is 2. The Labute approximate surface area is 157 Å². The third kappa shape index (κ3) is 5.68. The molecule has 0 aliphatic carbocycles. The monoisotopic (exact) mass is 423 g/mol. The van der Waals surface area contributed by atoms with E-state index in [0.29, 0.717) is 5.69 Å². The maximum atomic E-state index is 12.3. The van der Waals surface area contributed by atoms with Gasteiger partial charge in [0.25, 0.3) is 0 Å². The lowest BCUT2D eigenvalue weighted by molar-refractivity contribution is -0.115. The van der Waals surface area contributed by atoms with Gasteiger partial charge in [-0.1, -0.05) is 48.8 Å². The fourth-order valence-electron chi connectivity index (χ4n) is 2.27. The van der Waals surface area contributed by atoms with Crippen LogP contribution in [0.5, 0.6) is 0 Å². The SMILES string of the molecule is CC(C)(C)c1cccc(NC(=O)CCS(=O)(=O)c2ccc(Br)cc2)c1. The number of anilines is 1. The summed E-state index contributed by atoms with van der Waals surface area (Å²) in [6, 6.07) is 14.0.